The third kappa shape index (κ3) is 5.82. The number of guanidine groups is 1. The van der Waals surface area contributed by atoms with E-state index in [-0.39, 0.29) is 0 Å². The number of hydrogen-bond donors (Lipinski definition) is 2. The molecule has 4 heteroatoms. The fourth-order valence-electron chi connectivity index (χ4n) is 3.24. The lowest BCUT2D eigenvalue weighted by Crippen LogP contribution is -2.43. The van der Waals surface area contributed by atoms with Crippen molar-refractivity contribution in [1.29, 1.82) is 0 Å². The van der Waals surface area contributed by atoms with Crippen molar-refractivity contribution in [3.05, 3.63) is 35.9 Å². The van der Waals surface area contributed by atoms with Crippen LogP contribution in [0.3, 0.4) is 0 Å². The average Bonchev–Trinajstić information content (AvgIpc) is 3.38. The van der Waals surface area contributed by atoms with Crippen LogP contribution in [0.1, 0.15) is 51.5 Å². The molecule has 3 unspecified atom stereocenters. The van der Waals surface area contributed by atoms with Gasteiger partial charge in [0.05, 0.1) is 0 Å². The Morgan fingerprint density at radius 1 is 1.25 bits per heavy atom. The van der Waals surface area contributed by atoms with Crippen LogP contribution in [0.2, 0.25) is 0 Å². The molecule has 0 aliphatic heterocycles. The van der Waals surface area contributed by atoms with E-state index in [2.05, 4.69) is 71.6 Å². The maximum absolute atomic E-state index is 4.40. The van der Waals surface area contributed by atoms with E-state index >= 15 is 0 Å². The van der Waals surface area contributed by atoms with Crippen molar-refractivity contribution in [3.8, 4) is 0 Å². The van der Waals surface area contributed by atoms with E-state index in [9.17, 15) is 0 Å². The molecule has 0 amide bonds. The van der Waals surface area contributed by atoms with Crippen molar-refractivity contribution in [2.24, 2.45) is 4.99 Å². The zero-order chi connectivity index (χ0) is 17.4. The van der Waals surface area contributed by atoms with Crippen LogP contribution in [-0.2, 0) is 0 Å². The van der Waals surface area contributed by atoms with E-state index in [4.69, 9.17) is 0 Å². The molecule has 1 aliphatic rings. The Balaban J connectivity index is 1.69. The molecule has 134 valence electrons. The second-order valence-electron chi connectivity index (χ2n) is 6.79. The molecule has 2 N–H and O–H groups in total. The van der Waals surface area contributed by atoms with E-state index in [1.54, 1.807) is 0 Å². The highest BCUT2D eigenvalue weighted by Crippen LogP contribution is 2.40. The highest BCUT2D eigenvalue weighted by molar-refractivity contribution is 5.80. The molecule has 3 atom stereocenters. The molecule has 2 rings (SSSR count). The minimum Gasteiger partial charge on any atom is -0.354 e. The van der Waals surface area contributed by atoms with Crippen LogP contribution >= 0.6 is 0 Å². The van der Waals surface area contributed by atoms with Crippen molar-refractivity contribution < 1.29 is 0 Å². The quantitative estimate of drug-likeness (QED) is 0.539. The Morgan fingerprint density at radius 3 is 2.58 bits per heavy atom. The van der Waals surface area contributed by atoms with E-state index in [0.29, 0.717) is 18.0 Å². The van der Waals surface area contributed by atoms with Gasteiger partial charge in [0.25, 0.3) is 0 Å². The normalized spacial score (nSPS) is 21.6. The zero-order valence-electron chi connectivity index (χ0n) is 15.8. The summed E-state index contributed by atoms with van der Waals surface area (Å²) in [5.74, 6) is 1.57. The van der Waals surface area contributed by atoms with E-state index in [0.717, 1.165) is 19.0 Å². The van der Waals surface area contributed by atoms with Crippen LogP contribution in [-0.4, -0.2) is 49.6 Å². The van der Waals surface area contributed by atoms with Gasteiger partial charge in [0.2, 0.25) is 0 Å². The third-order valence-electron chi connectivity index (χ3n) is 4.95. The number of benzene rings is 1. The SMILES string of the molecule is CCN(CC)CCCC(C)NC(=NC)NC1CC1c1ccccc1. The van der Waals surface area contributed by atoms with E-state index in [1.807, 2.05) is 7.05 Å². The van der Waals surface area contributed by atoms with Gasteiger partial charge in [-0.3, -0.25) is 4.99 Å². The predicted molar refractivity (Wildman–Crippen MR) is 104 cm³/mol. The summed E-state index contributed by atoms with van der Waals surface area (Å²) in [6.07, 6.45) is 3.59. The van der Waals surface area contributed by atoms with E-state index < -0.39 is 0 Å². The summed E-state index contributed by atoms with van der Waals surface area (Å²) < 4.78 is 0. The standard InChI is InChI=1S/C20H34N4/c1-5-24(6-2)14-10-11-16(3)22-20(21-4)23-19-15-18(19)17-12-8-7-9-13-17/h7-9,12-13,16,18-19H,5-6,10-11,14-15H2,1-4H3,(H2,21,22,23). The Kier molecular flexibility index (Phi) is 7.57. The molecule has 0 spiro atoms. The molecular weight excluding hydrogens is 296 g/mol. The minimum atomic E-state index is 0.445. The van der Waals surface area contributed by atoms with Gasteiger partial charge in [-0.2, -0.15) is 0 Å². The molecule has 1 saturated carbocycles. The minimum absolute atomic E-state index is 0.445. The Labute approximate surface area is 147 Å². The molecule has 0 radical (unpaired) electrons. The molecule has 1 fully saturated rings. The van der Waals surface area contributed by atoms with Gasteiger partial charge < -0.3 is 15.5 Å². The fraction of sp³-hybridized carbons (Fsp3) is 0.650. The summed E-state index contributed by atoms with van der Waals surface area (Å²) in [7, 11) is 1.86. The lowest BCUT2D eigenvalue weighted by molar-refractivity contribution is 0.292. The molecule has 1 aromatic rings. The number of nitrogens with zero attached hydrogens (tertiary/aromatic N) is 2. The van der Waals surface area contributed by atoms with Crippen LogP contribution in [0, 0.1) is 0 Å². The van der Waals surface area contributed by atoms with Crippen LogP contribution < -0.4 is 10.6 Å². The Morgan fingerprint density at radius 2 is 1.96 bits per heavy atom. The van der Waals surface area contributed by atoms with E-state index in [1.165, 1.54) is 31.4 Å². The largest absolute Gasteiger partial charge is 0.354 e. The van der Waals surface area contributed by atoms with Gasteiger partial charge in [-0.15, -0.1) is 0 Å². The Hall–Kier alpha value is -1.55. The highest BCUT2D eigenvalue weighted by Gasteiger charge is 2.38. The molecule has 0 heterocycles. The topological polar surface area (TPSA) is 39.7 Å². The summed E-state index contributed by atoms with van der Waals surface area (Å²) in [5, 5.41) is 7.11. The van der Waals surface area contributed by atoms with Crippen LogP contribution in [0.25, 0.3) is 0 Å². The molecule has 24 heavy (non-hydrogen) atoms. The summed E-state index contributed by atoms with van der Waals surface area (Å²) >= 11 is 0. The summed E-state index contributed by atoms with van der Waals surface area (Å²) in [6, 6.07) is 11.7. The first-order valence-corrected chi connectivity index (χ1v) is 9.45. The van der Waals surface area contributed by atoms with Crippen molar-refractivity contribution in [3.63, 3.8) is 0 Å². The molecule has 1 aromatic carbocycles. The van der Waals surface area contributed by atoms with Gasteiger partial charge >= 0.3 is 0 Å². The number of nitrogens with one attached hydrogen (secondary N) is 2. The lowest BCUT2D eigenvalue weighted by Gasteiger charge is -2.21. The number of aliphatic imine (C=N–C) groups is 1. The summed E-state index contributed by atoms with van der Waals surface area (Å²) in [6.45, 7) is 10.2. The van der Waals surface area contributed by atoms with Crippen LogP contribution in [0.5, 0.6) is 0 Å². The maximum atomic E-state index is 4.40. The van der Waals surface area contributed by atoms with Gasteiger partial charge in [0, 0.05) is 25.0 Å². The second-order valence-corrected chi connectivity index (χ2v) is 6.79. The van der Waals surface area contributed by atoms with Crippen molar-refractivity contribution in [2.75, 3.05) is 26.7 Å². The first kappa shape index (κ1) is 18.8. The van der Waals surface area contributed by atoms with Gasteiger partial charge in [-0.05, 0) is 51.4 Å². The zero-order valence-corrected chi connectivity index (χ0v) is 15.8. The molecule has 0 saturated heterocycles. The van der Waals surface area contributed by atoms with Gasteiger partial charge in [-0.25, -0.2) is 0 Å². The average molecular weight is 331 g/mol. The molecule has 1 aliphatic carbocycles. The smallest absolute Gasteiger partial charge is 0.191 e. The summed E-state index contributed by atoms with van der Waals surface area (Å²) in [5.41, 5.74) is 1.43. The maximum Gasteiger partial charge on any atom is 0.191 e. The number of rotatable bonds is 9. The monoisotopic (exact) mass is 330 g/mol. The summed E-state index contributed by atoms with van der Waals surface area (Å²) in [4.78, 5) is 6.88. The van der Waals surface area contributed by atoms with Crippen molar-refractivity contribution in [1.82, 2.24) is 15.5 Å². The van der Waals surface area contributed by atoms with Crippen molar-refractivity contribution in [2.45, 2.75) is 58.0 Å². The molecule has 0 aromatic heterocycles. The molecular formula is C20H34N4. The van der Waals surface area contributed by atoms with Gasteiger partial charge in [0.1, 0.15) is 0 Å². The Bertz CT molecular complexity index is 496. The van der Waals surface area contributed by atoms with Gasteiger partial charge in [-0.1, -0.05) is 44.2 Å². The first-order chi connectivity index (χ1) is 11.7. The number of hydrogen-bond acceptors (Lipinski definition) is 2. The lowest BCUT2D eigenvalue weighted by atomic mass is 10.1. The fourth-order valence-corrected chi connectivity index (χ4v) is 3.24. The second kappa shape index (κ2) is 9.67. The third-order valence-corrected chi connectivity index (χ3v) is 4.95. The highest BCUT2D eigenvalue weighted by atomic mass is 15.2. The molecule has 4 nitrogen and oxygen atoms in total. The van der Waals surface area contributed by atoms with Gasteiger partial charge in [0.15, 0.2) is 5.96 Å². The predicted octanol–water partition coefficient (Wildman–Crippen LogP) is 3.22. The van der Waals surface area contributed by atoms with Crippen LogP contribution in [0.15, 0.2) is 35.3 Å². The molecule has 0 bridgehead atoms. The van der Waals surface area contributed by atoms with Crippen molar-refractivity contribution >= 4 is 5.96 Å². The first-order valence-electron chi connectivity index (χ1n) is 9.45. The van der Waals surface area contributed by atoms with Crippen LogP contribution in [0.4, 0.5) is 0 Å².